The fourth-order valence-corrected chi connectivity index (χ4v) is 10.9. The zero-order valence-corrected chi connectivity index (χ0v) is 44.1. The molecule has 0 unspecified atom stereocenters. The van der Waals surface area contributed by atoms with E-state index in [9.17, 15) is 19.2 Å². The van der Waals surface area contributed by atoms with Crippen molar-refractivity contribution in [2.45, 2.75) is 183 Å². The van der Waals surface area contributed by atoms with Crippen molar-refractivity contribution < 1.29 is 9.59 Å². The van der Waals surface area contributed by atoms with E-state index in [4.69, 9.17) is 9.97 Å². The summed E-state index contributed by atoms with van der Waals surface area (Å²) in [6, 6.07) is 7.11. The molecular weight excluding hydrogens is 881 g/mol. The second-order valence-corrected chi connectivity index (χ2v) is 22.8. The summed E-state index contributed by atoms with van der Waals surface area (Å²) < 4.78 is 3.73. The Bertz CT molecular complexity index is 3120. The molecule has 374 valence electrons. The molecule has 6 aromatic heterocycles. The number of nitrogens with one attached hydrogen (secondary N) is 6. The van der Waals surface area contributed by atoms with E-state index in [2.05, 4.69) is 117 Å². The minimum atomic E-state index is -0.255. The lowest BCUT2D eigenvalue weighted by Gasteiger charge is -2.46. The zero-order valence-electron chi connectivity index (χ0n) is 44.1. The minimum absolute atomic E-state index is 0.0479. The molecule has 16 heteroatoms. The number of piperidine rings is 1. The predicted octanol–water partition coefficient (Wildman–Crippen LogP) is 8.45. The van der Waals surface area contributed by atoms with E-state index >= 15 is 0 Å². The molecule has 2 aliphatic rings. The van der Waals surface area contributed by atoms with Crippen LogP contribution in [0, 0.1) is 27.7 Å². The molecule has 8 rings (SSSR count). The van der Waals surface area contributed by atoms with Crippen molar-refractivity contribution in [2.75, 3.05) is 0 Å². The van der Waals surface area contributed by atoms with Crippen LogP contribution in [0.2, 0.25) is 0 Å². The van der Waals surface area contributed by atoms with Gasteiger partial charge in [-0.2, -0.15) is 10.2 Å². The van der Waals surface area contributed by atoms with Crippen LogP contribution in [0.25, 0.3) is 27.6 Å². The van der Waals surface area contributed by atoms with Gasteiger partial charge in [-0.1, -0.05) is 6.08 Å². The topological polar surface area (TPSA) is 209 Å². The Morgan fingerprint density at radius 2 is 1.11 bits per heavy atom. The summed E-state index contributed by atoms with van der Waals surface area (Å²) in [5, 5.41) is 23.8. The molecule has 0 aliphatic carbocycles. The number of fused-ring (bicyclic) bond motifs is 2. The number of hydrogen-bond donors (Lipinski definition) is 6. The molecule has 2 aliphatic heterocycles. The molecule has 16 nitrogen and oxygen atoms in total. The SMILES string of the molecule is Cc1cc(=O)c(CNC(=O)c2cc(C3=CC(C)(C)NC(C)(C)C3)nc3c2cnn3C(C)C)c(C)[nH]1.Cc1cc(=O)c(CNC(=O)c2cc(C3CC(C)(C)NC(C)(C)C3)nc3c2cnn3C(C)C)c(C)[nH]1. The number of pyridine rings is 4. The third kappa shape index (κ3) is 11.3. The first-order chi connectivity index (χ1) is 32.5. The number of rotatable bonds is 10. The van der Waals surface area contributed by atoms with Crippen molar-refractivity contribution in [1.29, 1.82) is 0 Å². The fourth-order valence-electron chi connectivity index (χ4n) is 10.9. The van der Waals surface area contributed by atoms with Crippen molar-refractivity contribution in [3.05, 3.63) is 120 Å². The first kappa shape index (κ1) is 51.6. The normalized spacial score (nSPS) is 17.4. The Morgan fingerprint density at radius 3 is 1.56 bits per heavy atom. The molecule has 0 radical (unpaired) electrons. The molecule has 0 atom stereocenters. The Hall–Kier alpha value is -6.26. The highest BCUT2D eigenvalue weighted by Crippen LogP contribution is 2.40. The largest absolute Gasteiger partial charge is 0.362 e. The lowest BCUT2D eigenvalue weighted by atomic mass is 9.74. The van der Waals surface area contributed by atoms with Gasteiger partial charge in [0.25, 0.3) is 11.8 Å². The van der Waals surface area contributed by atoms with Gasteiger partial charge in [0.05, 0.1) is 40.0 Å². The molecule has 0 spiro atoms. The van der Waals surface area contributed by atoms with E-state index in [1.165, 1.54) is 0 Å². The standard InChI is InChI=1S/C27H38N6O2.C27H36N6O2/c2*1-15(2)33-24-21(14-29-33)19(25(35)28-13-20-17(4)30-16(3)9-23(20)34)10-22(31-24)18-11-26(5,6)32-27(7,8)12-18/h9-10,14-15,18,32H,11-13H2,1-8H3,(H,28,35)(H,30,34);9-11,14-15,32H,12-13H2,1-8H3,(H,28,35)(H,30,34). The quantitative estimate of drug-likeness (QED) is 0.0772. The van der Waals surface area contributed by atoms with Crippen LogP contribution in [0.4, 0.5) is 0 Å². The molecule has 0 aromatic carbocycles. The number of H-pyrrole nitrogens is 2. The third-order valence-electron chi connectivity index (χ3n) is 13.2. The highest BCUT2D eigenvalue weighted by molar-refractivity contribution is 6.06. The van der Waals surface area contributed by atoms with Gasteiger partial charge >= 0.3 is 0 Å². The van der Waals surface area contributed by atoms with Gasteiger partial charge in [-0.25, -0.2) is 19.3 Å². The number of aryl methyl sites for hydroxylation is 4. The smallest absolute Gasteiger partial charge is 0.252 e. The van der Waals surface area contributed by atoms with E-state index < -0.39 is 0 Å². The minimum Gasteiger partial charge on any atom is -0.362 e. The number of aromatic amines is 2. The molecule has 0 saturated carbocycles. The summed E-state index contributed by atoms with van der Waals surface area (Å²) >= 11 is 0. The van der Waals surface area contributed by atoms with Crippen molar-refractivity contribution in [2.24, 2.45) is 0 Å². The molecule has 8 heterocycles. The second kappa shape index (κ2) is 19.2. The van der Waals surface area contributed by atoms with Gasteiger partial charge in [0, 0.05) is 105 Å². The Balaban J connectivity index is 0.000000206. The lowest BCUT2D eigenvalue weighted by Crippen LogP contribution is -2.57. The van der Waals surface area contributed by atoms with Crippen LogP contribution >= 0.6 is 0 Å². The Labute approximate surface area is 411 Å². The van der Waals surface area contributed by atoms with E-state index in [1.807, 2.05) is 63.0 Å². The molecule has 6 N–H and O–H groups in total. The second-order valence-electron chi connectivity index (χ2n) is 22.8. The van der Waals surface area contributed by atoms with Crippen LogP contribution in [-0.4, -0.2) is 73.5 Å². The van der Waals surface area contributed by atoms with Crippen LogP contribution in [0.3, 0.4) is 0 Å². The third-order valence-corrected chi connectivity index (χ3v) is 13.2. The van der Waals surface area contributed by atoms with Crippen molar-refractivity contribution in [3.8, 4) is 0 Å². The van der Waals surface area contributed by atoms with Crippen LogP contribution in [-0.2, 0) is 13.1 Å². The molecule has 0 bridgehead atoms. The lowest BCUT2D eigenvalue weighted by molar-refractivity contribution is 0.0944. The predicted molar refractivity (Wildman–Crippen MR) is 278 cm³/mol. The maximum absolute atomic E-state index is 13.5. The van der Waals surface area contributed by atoms with E-state index in [1.54, 1.807) is 24.5 Å². The van der Waals surface area contributed by atoms with Gasteiger partial charge in [0.2, 0.25) is 0 Å². The molecule has 6 aromatic rings. The van der Waals surface area contributed by atoms with Crippen molar-refractivity contribution in [3.63, 3.8) is 0 Å². The van der Waals surface area contributed by atoms with Crippen molar-refractivity contribution >= 4 is 39.5 Å². The number of amides is 2. The zero-order chi connectivity index (χ0) is 51.4. The van der Waals surface area contributed by atoms with Gasteiger partial charge < -0.3 is 31.2 Å². The van der Waals surface area contributed by atoms with E-state index in [0.29, 0.717) is 33.3 Å². The summed E-state index contributed by atoms with van der Waals surface area (Å²) in [5.41, 5.74) is 8.90. The summed E-state index contributed by atoms with van der Waals surface area (Å²) in [6.45, 7) is 33.4. The van der Waals surface area contributed by atoms with Gasteiger partial charge in [-0.3, -0.25) is 19.2 Å². The molecule has 2 amide bonds. The van der Waals surface area contributed by atoms with Gasteiger partial charge in [-0.15, -0.1) is 0 Å². The molecule has 1 saturated heterocycles. The highest BCUT2D eigenvalue weighted by atomic mass is 16.2. The highest BCUT2D eigenvalue weighted by Gasteiger charge is 2.39. The van der Waals surface area contributed by atoms with Gasteiger partial charge in [-0.05, 0) is 148 Å². The maximum atomic E-state index is 13.5. The van der Waals surface area contributed by atoms with Crippen molar-refractivity contribution in [1.82, 2.24) is 60.8 Å². The molecule has 1 fully saturated rings. The molecular formula is C54H74N12O4. The number of aromatic nitrogens is 8. The Morgan fingerprint density at radius 1 is 0.657 bits per heavy atom. The number of nitrogens with zero attached hydrogens (tertiary/aromatic N) is 6. The van der Waals surface area contributed by atoms with Gasteiger partial charge in [0.1, 0.15) is 0 Å². The maximum Gasteiger partial charge on any atom is 0.252 e. The summed E-state index contributed by atoms with van der Waals surface area (Å²) in [6.07, 6.45) is 8.24. The van der Waals surface area contributed by atoms with Crippen LogP contribution < -0.4 is 32.1 Å². The molecule has 70 heavy (non-hydrogen) atoms. The van der Waals surface area contributed by atoms with Crippen LogP contribution in [0.5, 0.6) is 0 Å². The monoisotopic (exact) mass is 955 g/mol. The summed E-state index contributed by atoms with van der Waals surface area (Å²) in [5.74, 6) is -0.280. The van der Waals surface area contributed by atoms with Crippen LogP contribution in [0.1, 0.15) is 186 Å². The van der Waals surface area contributed by atoms with Gasteiger partial charge in [0.15, 0.2) is 22.2 Å². The fraction of sp³-hybridized carbons (Fsp3) is 0.519. The number of carbonyl (C=O) groups excluding carboxylic acids is 2. The van der Waals surface area contributed by atoms with Crippen LogP contribution in [0.15, 0.2) is 52.3 Å². The average molecular weight is 955 g/mol. The Kier molecular flexibility index (Phi) is 14.1. The first-order valence-electron chi connectivity index (χ1n) is 24.5. The first-order valence-corrected chi connectivity index (χ1v) is 24.5. The number of hydrogen-bond acceptors (Lipinski definition) is 10. The summed E-state index contributed by atoms with van der Waals surface area (Å²) in [4.78, 5) is 68.3. The number of carbonyl (C=O) groups is 2. The van der Waals surface area contributed by atoms with E-state index in [0.717, 1.165) is 70.0 Å². The summed E-state index contributed by atoms with van der Waals surface area (Å²) in [7, 11) is 0. The average Bonchev–Trinajstić information content (AvgIpc) is 3.85. The van der Waals surface area contributed by atoms with E-state index in [-0.39, 0.29) is 75.9 Å².